The molecule has 5 N–H and O–H groups in total. The number of amidine groups is 1. The molecular formula is C22H22N6O3S. The van der Waals surface area contributed by atoms with Crippen LogP contribution in [0.5, 0.6) is 5.75 Å². The second-order valence-electron chi connectivity index (χ2n) is 6.86. The zero-order valence-electron chi connectivity index (χ0n) is 17.5. The number of fused-ring (bicyclic) bond motifs is 1. The van der Waals surface area contributed by atoms with E-state index in [4.69, 9.17) is 21.1 Å². The third-order valence-electron chi connectivity index (χ3n) is 5.03. The number of anilines is 3. The maximum atomic E-state index is 13.0. The van der Waals surface area contributed by atoms with E-state index in [1.807, 2.05) is 48.8 Å². The number of hydrogen-bond donors (Lipinski definition) is 4. The lowest BCUT2D eigenvalue weighted by atomic mass is 10.2. The molecule has 2 aromatic heterocycles. The molecule has 32 heavy (non-hydrogen) atoms. The number of hydrogen-bond acceptors (Lipinski definition) is 8. The number of nitrogen functional groups attached to an aromatic ring is 1. The number of nitrogens with one attached hydrogen (secondary N) is 2. The molecule has 0 spiro atoms. The molecule has 0 aliphatic carbocycles. The fraction of sp³-hybridized carbons (Fsp3) is 0.136. The third kappa shape index (κ3) is 3.66. The third-order valence-corrected chi connectivity index (χ3v) is 6.07. The highest BCUT2D eigenvalue weighted by Crippen LogP contribution is 2.36. The van der Waals surface area contributed by atoms with E-state index < -0.39 is 5.56 Å². The highest BCUT2D eigenvalue weighted by atomic mass is 32.1. The van der Waals surface area contributed by atoms with Crippen molar-refractivity contribution in [2.45, 2.75) is 6.92 Å². The zero-order valence-corrected chi connectivity index (χ0v) is 18.3. The molecule has 0 bridgehead atoms. The van der Waals surface area contributed by atoms with Crippen LogP contribution < -0.4 is 26.4 Å². The van der Waals surface area contributed by atoms with Gasteiger partial charge in [-0.2, -0.15) is 0 Å². The zero-order chi connectivity index (χ0) is 22.8. The molecular weight excluding hydrogens is 428 g/mol. The predicted octanol–water partition coefficient (Wildman–Crippen LogP) is 3.50. The van der Waals surface area contributed by atoms with Gasteiger partial charge in [-0.3, -0.25) is 25.5 Å². The predicted molar refractivity (Wildman–Crippen MR) is 127 cm³/mol. The summed E-state index contributed by atoms with van der Waals surface area (Å²) < 4.78 is 7.07. The fourth-order valence-electron chi connectivity index (χ4n) is 3.56. The summed E-state index contributed by atoms with van der Waals surface area (Å²) in [5.74, 6) is 0.312. The Morgan fingerprint density at radius 1 is 1.28 bits per heavy atom. The summed E-state index contributed by atoms with van der Waals surface area (Å²) in [5, 5.41) is 16.9. The van der Waals surface area contributed by atoms with E-state index in [1.165, 1.54) is 4.57 Å². The van der Waals surface area contributed by atoms with E-state index in [1.54, 1.807) is 25.3 Å². The van der Waals surface area contributed by atoms with Gasteiger partial charge in [-0.25, -0.2) is 4.98 Å². The second-order valence-corrected chi connectivity index (χ2v) is 7.89. The van der Waals surface area contributed by atoms with Crippen molar-refractivity contribution in [3.05, 3.63) is 69.8 Å². The molecule has 2 heterocycles. The Morgan fingerprint density at radius 3 is 2.69 bits per heavy atom. The Hall–Kier alpha value is -3.89. The normalized spacial score (nSPS) is 10.8. The molecule has 2 aromatic carbocycles. The number of thiophene rings is 1. The van der Waals surface area contributed by atoms with Gasteiger partial charge in [0, 0.05) is 12.2 Å². The summed E-state index contributed by atoms with van der Waals surface area (Å²) in [6.45, 7) is 2.71. The summed E-state index contributed by atoms with van der Waals surface area (Å²) in [6, 6.07) is 16.9. The number of rotatable bonds is 6. The number of nitrogens with zero attached hydrogens (tertiary/aromatic N) is 3. The van der Waals surface area contributed by atoms with Gasteiger partial charge in [0.15, 0.2) is 11.7 Å². The van der Waals surface area contributed by atoms with Crippen molar-refractivity contribution in [2.24, 2.45) is 0 Å². The van der Waals surface area contributed by atoms with Crippen molar-refractivity contribution in [3.8, 4) is 11.4 Å². The van der Waals surface area contributed by atoms with Gasteiger partial charge in [-0.05, 0) is 43.3 Å². The first-order valence-electron chi connectivity index (χ1n) is 9.80. The minimum atomic E-state index is -0.468. The molecule has 0 aliphatic rings. The number of aromatic nitrogens is 2. The molecule has 0 saturated heterocycles. The molecule has 0 saturated carbocycles. The van der Waals surface area contributed by atoms with E-state index in [2.05, 4.69) is 9.88 Å². The highest BCUT2D eigenvalue weighted by molar-refractivity contribution is 7.20. The number of nitrogens with two attached hydrogens (primary N) is 1. The van der Waals surface area contributed by atoms with Crippen molar-refractivity contribution >= 4 is 44.7 Å². The van der Waals surface area contributed by atoms with Crippen molar-refractivity contribution in [3.63, 3.8) is 0 Å². The first-order valence-corrected chi connectivity index (χ1v) is 10.6. The monoisotopic (exact) mass is 450 g/mol. The fourth-order valence-corrected chi connectivity index (χ4v) is 4.48. The molecule has 10 heteroatoms. The van der Waals surface area contributed by atoms with Gasteiger partial charge in [0.2, 0.25) is 0 Å². The molecule has 0 radical (unpaired) electrons. The van der Waals surface area contributed by atoms with Gasteiger partial charge in [-0.15, -0.1) is 11.3 Å². The first-order chi connectivity index (χ1) is 15.5. The number of para-hydroxylation sites is 1. The van der Waals surface area contributed by atoms with E-state index in [0.29, 0.717) is 33.2 Å². The van der Waals surface area contributed by atoms with Gasteiger partial charge in [-0.1, -0.05) is 18.2 Å². The van der Waals surface area contributed by atoms with E-state index in [9.17, 15) is 4.79 Å². The Bertz CT molecular complexity index is 1350. The van der Waals surface area contributed by atoms with Gasteiger partial charge >= 0.3 is 0 Å². The molecule has 0 amide bonds. The lowest BCUT2D eigenvalue weighted by molar-refractivity contribution is 0.234. The lowest BCUT2D eigenvalue weighted by Gasteiger charge is -2.26. The van der Waals surface area contributed by atoms with Crippen LogP contribution in [0.4, 0.5) is 17.2 Å². The summed E-state index contributed by atoms with van der Waals surface area (Å²) in [4.78, 5) is 20.2. The number of hydroxylamine groups is 1. The first kappa shape index (κ1) is 21.3. The van der Waals surface area contributed by atoms with Gasteiger partial charge in [0.05, 0.1) is 28.9 Å². The molecule has 164 valence electrons. The van der Waals surface area contributed by atoms with Crippen molar-refractivity contribution < 1.29 is 9.94 Å². The van der Waals surface area contributed by atoms with E-state index >= 15 is 0 Å². The van der Waals surface area contributed by atoms with Gasteiger partial charge in [0.25, 0.3) is 5.56 Å². The molecule has 4 rings (SSSR count). The van der Waals surface area contributed by atoms with Gasteiger partial charge in [0.1, 0.15) is 10.6 Å². The van der Waals surface area contributed by atoms with Crippen LogP contribution in [-0.4, -0.2) is 34.2 Å². The summed E-state index contributed by atoms with van der Waals surface area (Å²) in [7, 11) is 1.60. The SMILES string of the molecule is CCN(c1ccccc1)c1cc(-n2c(=O)c(N)nc3sc(C(=N)NO)cc32)ccc1OC. The topological polar surface area (TPSA) is 129 Å². The standard InChI is InChI=1S/C22H22N6O3S/c1-3-27(13-7-5-4-6-8-13)15-11-14(9-10-17(15)31-2)28-16-12-18(19(23)26-30)32-21(16)25-20(24)22(28)29/h4-12,30H,3H2,1-2H3,(H2,23,26)(H2,24,25). The molecule has 9 nitrogen and oxygen atoms in total. The van der Waals surface area contributed by atoms with E-state index in [0.717, 1.165) is 22.7 Å². The van der Waals surface area contributed by atoms with Crippen molar-refractivity contribution in [2.75, 3.05) is 24.3 Å². The largest absolute Gasteiger partial charge is 0.495 e. The van der Waals surface area contributed by atoms with Crippen LogP contribution in [0.15, 0.2) is 59.4 Å². The Balaban J connectivity index is 1.96. The maximum absolute atomic E-state index is 13.0. The average Bonchev–Trinajstić information content (AvgIpc) is 3.24. The minimum absolute atomic E-state index is 0.151. The number of methoxy groups -OCH3 is 1. The summed E-state index contributed by atoms with van der Waals surface area (Å²) >= 11 is 1.15. The van der Waals surface area contributed by atoms with Crippen molar-refractivity contribution in [1.29, 1.82) is 5.41 Å². The Labute approximate surface area is 187 Å². The van der Waals surface area contributed by atoms with Crippen molar-refractivity contribution in [1.82, 2.24) is 15.0 Å². The smallest absolute Gasteiger partial charge is 0.298 e. The molecule has 0 fully saturated rings. The average molecular weight is 451 g/mol. The number of benzene rings is 2. The molecule has 0 aliphatic heterocycles. The van der Waals surface area contributed by atoms with Crippen LogP contribution in [0.25, 0.3) is 16.0 Å². The molecule has 4 aromatic rings. The quantitative estimate of drug-likeness (QED) is 0.201. The molecule has 0 unspecified atom stereocenters. The van der Waals surface area contributed by atoms with Crippen LogP contribution in [0.1, 0.15) is 11.8 Å². The van der Waals surface area contributed by atoms with E-state index in [-0.39, 0.29) is 11.7 Å². The second kappa shape index (κ2) is 8.69. The van der Waals surface area contributed by atoms with Crippen LogP contribution in [-0.2, 0) is 0 Å². The van der Waals surface area contributed by atoms with Gasteiger partial charge < -0.3 is 15.4 Å². The number of ether oxygens (including phenoxy) is 1. The van der Waals surface area contributed by atoms with Crippen LogP contribution in [0, 0.1) is 5.41 Å². The minimum Gasteiger partial charge on any atom is -0.495 e. The Kier molecular flexibility index (Phi) is 5.80. The lowest BCUT2D eigenvalue weighted by Crippen LogP contribution is -2.23. The summed E-state index contributed by atoms with van der Waals surface area (Å²) in [5.41, 5.74) is 10.1. The van der Waals surface area contributed by atoms with Crippen LogP contribution in [0.2, 0.25) is 0 Å². The molecule has 0 atom stereocenters. The Morgan fingerprint density at radius 2 is 2.03 bits per heavy atom. The summed E-state index contributed by atoms with van der Waals surface area (Å²) in [6.07, 6.45) is 0. The highest BCUT2D eigenvalue weighted by Gasteiger charge is 2.19. The van der Waals surface area contributed by atoms with Crippen LogP contribution in [0.3, 0.4) is 0 Å². The maximum Gasteiger partial charge on any atom is 0.298 e. The van der Waals surface area contributed by atoms with Crippen LogP contribution >= 0.6 is 11.3 Å².